The van der Waals surface area contributed by atoms with Crippen LogP contribution in [-0.2, 0) is 15.0 Å². The van der Waals surface area contributed by atoms with E-state index in [-0.39, 0.29) is 29.2 Å². The number of carbonyl (C=O) groups excluding carboxylic acids is 2. The number of rotatable bonds is 5. The molecule has 1 saturated heterocycles. The van der Waals surface area contributed by atoms with Gasteiger partial charge in [-0.15, -0.1) is 0 Å². The van der Waals surface area contributed by atoms with E-state index in [1.807, 2.05) is 32.0 Å². The first kappa shape index (κ1) is 15.1. The van der Waals surface area contributed by atoms with Gasteiger partial charge < -0.3 is 10.2 Å². The first-order chi connectivity index (χ1) is 10.5. The number of carbonyl (C=O) groups is 2. The molecule has 4 nitrogen and oxygen atoms in total. The zero-order valence-corrected chi connectivity index (χ0v) is 13.3. The van der Waals surface area contributed by atoms with Crippen LogP contribution in [0.25, 0.3) is 0 Å². The van der Waals surface area contributed by atoms with E-state index >= 15 is 0 Å². The van der Waals surface area contributed by atoms with Crippen molar-refractivity contribution >= 4 is 11.8 Å². The minimum absolute atomic E-state index is 0.0266. The van der Waals surface area contributed by atoms with Crippen LogP contribution in [0.2, 0.25) is 0 Å². The molecule has 0 bridgehead atoms. The Kier molecular flexibility index (Phi) is 3.94. The maximum atomic E-state index is 12.4. The fourth-order valence-corrected chi connectivity index (χ4v) is 3.32. The largest absolute Gasteiger partial charge is 0.355 e. The molecule has 0 radical (unpaired) electrons. The zero-order valence-electron chi connectivity index (χ0n) is 13.3. The Bertz CT molecular complexity index is 564. The van der Waals surface area contributed by atoms with E-state index in [2.05, 4.69) is 17.4 Å². The van der Waals surface area contributed by atoms with E-state index in [9.17, 15) is 9.59 Å². The minimum Gasteiger partial charge on any atom is -0.355 e. The highest BCUT2D eigenvalue weighted by atomic mass is 16.2. The van der Waals surface area contributed by atoms with Gasteiger partial charge in [0.25, 0.3) is 0 Å². The lowest BCUT2D eigenvalue weighted by atomic mass is 9.95. The molecule has 4 heteroatoms. The molecule has 1 heterocycles. The van der Waals surface area contributed by atoms with E-state index in [1.54, 1.807) is 4.90 Å². The van der Waals surface area contributed by atoms with Gasteiger partial charge in [-0.25, -0.2) is 0 Å². The molecule has 0 aromatic heterocycles. The van der Waals surface area contributed by atoms with Crippen LogP contribution < -0.4 is 5.32 Å². The predicted molar refractivity (Wildman–Crippen MR) is 85.3 cm³/mol. The number of hydrogen-bond donors (Lipinski definition) is 1. The molecule has 22 heavy (non-hydrogen) atoms. The summed E-state index contributed by atoms with van der Waals surface area (Å²) in [5, 5.41) is 3.09. The normalized spacial score (nSPS) is 23.0. The summed E-state index contributed by atoms with van der Waals surface area (Å²) >= 11 is 0. The van der Waals surface area contributed by atoms with E-state index in [4.69, 9.17) is 0 Å². The van der Waals surface area contributed by atoms with Crippen molar-refractivity contribution in [2.24, 2.45) is 5.92 Å². The molecule has 1 unspecified atom stereocenters. The number of benzene rings is 1. The summed E-state index contributed by atoms with van der Waals surface area (Å²) < 4.78 is 0. The minimum atomic E-state index is -0.193. The second-order valence-electron chi connectivity index (χ2n) is 6.91. The highest BCUT2D eigenvalue weighted by molar-refractivity contribution is 5.89. The second-order valence-corrected chi connectivity index (χ2v) is 6.91. The lowest BCUT2D eigenvalue weighted by Crippen LogP contribution is -2.38. The summed E-state index contributed by atoms with van der Waals surface area (Å²) in [6, 6.07) is 10.6. The molecule has 1 N–H and O–H groups in total. The molecule has 2 fully saturated rings. The lowest BCUT2D eigenvalue weighted by molar-refractivity contribution is -0.129. The molecule has 1 aliphatic carbocycles. The Labute approximate surface area is 131 Å². The Morgan fingerprint density at radius 2 is 2.00 bits per heavy atom. The molecule has 118 valence electrons. The third-order valence-corrected chi connectivity index (χ3v) is 4.99. The van der Waals surface area contributed by atoms with Crippen LogP contribution >= 0.6 is 0 Å². The first-order valence-electron chi connectivity index (χ1n) is 8.14. The molecule has 1 aromatic rings. The first-order valence-corrected chi connectivity index (χ1v) is 8.14. The van der Waals surface area contributed by atoms with Gasteiger partial charge in [-0.05, 0) is 32.3 Å². The topological polar surface area (TPSA) is 49.4 Å². The van der Waals surface area contributed by atoms with Crippen molar-refractivity contribution in [1.82, 2.24) is 10.2 Å². The summed E-state index contributed by atoms with van der Waals surface area (Å²) in [6.45, 7) is 5.22. The number of likely N-dealkylation sites (tertiary alicyclic amines) is 1. The van der Waals surface area contributed by atoms with Crippen LogP contribution in [0.3, 0.4) is 0 Å². The van der Waals surface area contributed by atoms with Gasteiger partial charge >= 0.3 is 0 Å². The predicted octanol–water partition coefficient (Wildman–Crippen LogP) is 2.09. The van der Waals surface area contributed by atoms with Crippen LogP contribution in [-0.4, -0.2) is 35.8 Å². The molecular formula is C18H24N2O2. The van der Waals surface area contributed by atoms with Gasteiger partial charge in [0.2, 0.25) is 11.8 Å². The maximum Gasteiger partial charge on any atom is 0.225 e. The molecule has 1 saturated carbocycles. The maximum absolute atomic E-state index is 12.4. The van der Waals surface area contributed by atoms with Crippen LogP contribution in [0.5, 0.6) is 0 Å². The van der Waals surface area contributed by atoms with Crippen molar-refractivity contribution < 1.29 is 9.59 Å². The highest BCUT2D eigenvalue weighted by Crippen LogP contribution is 2.47. The molecular weight excluding hydrogens is 276 g/mol. The van der Waals surface area contributed by atoms with Gasteiger partial charge in [0.15, 0.2) is 0 Å². The fourth-order valence-electron chi connectivity index (χ4n) is 3.32. The lowest BCUT2D eigenvalue weighted by Gasteiger charge is -2.21. The van der Waals surface area contributed by atoms with Crippen molar-refractivity contribution in [2.75, 3.05) is 13.1 Å². The third kappa shape index (κ3) is 2.87. The molecule has 2 aliphatic rings. The van der Waals surface area contributed by atoms with E-state index in [0.29, 0.717) is 19.5 Å². The summed E-state index contributed by atoms with van der Waals surface area (Å²) in [4.78, 5) is 26.1. The number of hydrogen-bond acceptors (Lipinski definition) is 2. The van der Waals surface area contributed by atoms with Crippen molar-refractivity contribution in [2.45, 2.75) is 44.6 Å². The third-order valence-electron chi connectivity index (χ3n) is 4.99. The molecule has 0 spiro atoms. The van der Waals surface area contributed by atoms with Crippen molar-refractivity contribution in [3.63, 3.8) is 0 Å². The molecule has 2 amide bonds. The van der Waals surface area contributed by atoms with Gasteiger partial charge in [-0.1, -0.05) is 30.3 Å². The fraction of sp³-hybridized carbons (Fsp3) is 0.556. The van der Waals surface area contributed by atoms with E-state index < -0.39 is 0 Å². The van der Waals surface area contributed by atoms with Gasteiger partial charge in [-0.3, -0.25) is 9.59 Å². The summed E-state index contributed by atoms with van der Waals surface area (Å²) in [5.74, 6) is -0.0699. The summed E-state index contributed by atoms with van der Waals surface area (Å²) in [6.07, 6.45) is 2.60. The second kappa shape index (κ2) is 5.75. The SMILES string of the molecule is CC(C)N1CC(C(=O)NCC2(c3ccccc3)CC2)CC1=O. The van der Waals surface area contributed by atoms with Gasteiger partial charge in [-0.2, -0.15) is 0 Å². The molecule has 1 aromatic carbocycles. The van der Waals surface area contributed by atoms with Crippen LogP contribution in [0.1, 0.15) is 38.7 Å². The smallest absolute Gasteiger partial charge is 0.225 e. The Hall–Kier alpha value is -1.84. The quantitative estimate of drug-likeness (QED) is 0.905. The zero-order chi connectivity index (χ0) is 15.7. The van der Waals surface area contributed by atoms with E-state index in [1.165, 1.54) is 5.56 Å². The van der Waals surface area contributed by atoms with Gasteiger partial charge in [0.05, 0.1) is 5.92 Å². The Balaban J connectivity index is 1.57. The summed E-state index contributed by atoms with van der Waals surface area (Å²) in [7, 11) is 0. The molecule has 1 atom stereocenters. The Morgan fingerprint density at radius 1 is 1.32 bits per heavy atom. The van der Waals surface area contributed by atoms with Crippen LogP contribution in [0.15, 0.2) is 30.3 Å². The average Bonchev–Trinajstić information content (AvgIpc) is 3.21. The van der Waals surface area contributed by atoms with Crippen LogP contribution in [0.4, 0.5) is 0 Å². The standard InChI is InChI=1S/C18H24N2O2/c1-13(2)20-11-14(10-16(20)21)17(22)19-12-18(8-9-18)15-6-4-3-5-7-15/h3-7,13-14H,8-12H2,1-2H3,(H,19,22). The Morgan fingerprint density at radius 3 is 2.55 bits per heavy atom. The number of nitrogens with zero attached hydrogens (tertiary/aromatic N) is 1. The number of nitrogens with one attached hydrogen (secondary N) is 1. The monoisotopic (exact) mass is 300 g/mol. The molecule has 3 rings (SSSR count). The highest BCUT2D eigenvalue weighted by Gasteiger charge is 2.45. The van der Waals surface area contributed by atoms with Crippen molar-refractivity contribution in [3.05, 3.63) is 35.9 Å². The van der Waals surface area contributed by atoms with Gasteiger partial charge in [0, 0.05) is 31.0 Å². The number of amides is 2. The van der Waals surface area contributed by atoms with Crippen molar-refractivity contribution in [3.8, 4) is 0 Å². The van der Waals surface area contributed by atoms with Crippen LogP contribution in [0, 0.1) is 5.92 Å². The van der Waals surface area contributed by atoms with Crippen molar-refractivity contribution in [1.29, 1.82) is 0 Å². The van der Waals surface area contributed by atoms with E-state index in [0.717, 1.165) is 12.8 Å². The summed E-state index contributed by atoms with van der Waals surface area (Å²) in [5.41, 5.74) is 1.43. The van der Waals surface area contributed by atoms with Gasteiger partial charge in [0.1, 0.15) is 0 Å². The average molecular weight is 300 g/mol. The molecule has 1 aliphatic heterocycles.